The van der Waals surface area contributed by atoms with E-state index in [1.807, 2.05) is 26.0 Å². The van der Waals surface area contributed by atoms with Crippen LogP contribution in [0.15, 0.2) is 42.5 Å². The van der Waals surface area contributed by atoms with Gasteiger partial charge in [-0.05, 0) is 62.2 Å². The molecule has 0 aliphatic carbocycles. The number of hydrogen-bond donors (Lipinski definition) is 1. The Bertz CT molecular complexity index is 1220. The third-order valence-electron chi connectivity index (χ3n) is 4.57. The highest BCUT2D eigenvalue weighted by Crippen LogP contribution is 2.24. The van der Waals surface area contributed by atoms with Gasteiger partial charge in [0.15, 0.2) is 11.5 Å². The predicted molar refractivity (Wildman–Crippen MR) is 109 cm³/mol. The lowest BCUT2D eigenvalue weighted by Gasteiger charge is -2.04. The Labute approximate surface area is 170 Å². The van der Waals surface area contributed by atoms with Crippen molar-refractivity contribution >= 4 is 22.6 Å². The topological polar surface area (TPSA) is 85.6 Å². The molecule has 0 saturated carbocycles. The lowest BCUT2D eigenvalue weighted by Crippen LogP contribution is -2.12. The van der Waals surface area contributed by atoms with Crippen LogP contribution in [0.4, 0.5) is 9.52 Å². The van der Waals surface area contributed by atoms with Crippen molar-refractivity contribution in [3.05, 3.63) is 70.7 Å². The van der Waals surface area contributed by atoms with Crippen LogP contribution < -0.4 is 5.32 Å². The second-order valence-corrected chi connectivity index (χ2v) is 7.34. The number of rotatable bonds is 4. The highest BCUT2D eigenvalue weighted by Gasteiger charge is 2.18. The average molecular weight is 408 g/mol. The molecule has 7 nitrogen and oxygen atoms in total. The number of benzene rings is 2. The monoisotopic (exact) mass is 408 g/mol. The summed E-state index contributed by atoms with van der Waals surface area (Å²) < 4.78 is 19.3. The summed E-state index contributed by atoms with van der Waals surface area (Å²) in [6.45, 7) is 5.75. The minimum atomic E-state index is -0.359. The molecule has 2 heterocycles. The molecule has 0 fully saturated rings. The van der Waals surface area contributed by atoms with Gasteiger partial charge in [0.05, 0.1) is 11.4 Å². The molecule has 0 aliphatic heterocycles. The third-order valence-corrected chi connectivity index (χ3v) is 5.21. The van der Waals surface area contributed by atoms with Gasteiger partial charge in [-0.2, -0.15) is 9.36 Å². The molecule has 0 atom stereocenters. The molecule has 146 valence electrons. The normalized spacial score (nSPS) is 10.9. The van der Waals surface area contributed by atoms with Crippen molar-refractivity contribution < 1.29 is 9.18 Å². The fourth-order valence-electron chi connectivity index (χ4n) is 2.81. The Balaban J connectivity index is 1.56. The first-order valence-corrected chi connectivity index (χ1v) is 9.60. The van der Waals surface area contributed by atoms with E-state index in [0.29, 0.717) is 33.6 Å². The van der Waals surface area contributed by atoms with E-state index in [1.165, 1.54) is 16.8 Å². The van der Waals surface area contributed by atoms with Crippen LogP contribution in [0.2, 0.25) is 0 Å². The van der Waals surface area contributed by atoms with E-state index < -0.39 is 0 Å². The van der Waals surface area contributed by atoms with Gasteiger partial charge in [-0.1, -0.05) is 17.3 Å². The maximum Gasteiger partial charge on any atom is 0.257 e. The Hall–Kier alpha value is -3.46. The molecule has 29 heavy (non-hydrogen) atoms. The fourth-order valence-corrected chi connectivity index (χ4v) is 3.38. The quantitative estimate of drug-likeness (QED) is 0.549. The second kappa shape index (κ2) is 7.51. The van der Waals surface area contributed by atoms with Crippen LogP contribution in [0.25, 0.3) is 17.2 Å². The van der Waals surface area contributed by atoms with Crippen LogP contribution in [0.1, 0.15) is 27.2 Å². The number of hydrogen-bond acceptors (Lipinski definition) is 6. The smallest absolute Gasteiger partial charge is 0.257 e. The van der Waals surface area contributed by atoms with Crippen molar-refractivity contribution in [1.82, 2.24) is 24.4 Å². The number of carbonyl (C=O) groups excluding carboxylic acids is 1. The van der Waals surface area contributed by atoms with Crippen LogP contribution in [0, 0.1) is 26.6 Å². The van der Waals surface area contributed by atoms with E-state index in [4.69, 9.17) is 0 Å². The van der Waals surface area contributed by atoms with Gasteiger partial charge >= 0.3 is 0 Å². The minimum Gasteiger partial charge on any atom is -0.297 e. The molecule has 0 bridgehead atoms. The van der Waals surface area contributed by atoms with Gasteiger partial charge in [-0.15, -0.1) is 5.10 Å². The van der Waals surface area contributed by atoms with E-state index in [0.717, 1.165) is 22.7 Å². The molecule has 2 aromatic carbocycles. The molecule has 0 saturated heterocycles. The molecule has 0 unspecified atom stereocenters. The molecular formula is C20H17FN6OS. The Morgan fingerprint density at radius 1 is 1.10 bits per heavy atom. The average Bonchev–Trinajstić information content (AvgIpc) is 3.30. The van der Waals surface area contributed by atoms with E-state index in [-0.39, 0.29) is 11.7 Å². The number of aromatic nitrogens is 5. The molecule has 2 aromatic heterocycles. The summed E-state index contributed by atoms with van der Waals surface area (Å²) in [7, 11) is 0. The van der Waals surface area contributed by atoms with E-state index in [9.17, 15) is 9.18 Å². The van der Waals surface area contributed by atoms with Gasteiger partial charge in [0, 0.05) is 17.1 Å². The summed E-state index contributed by atoms with van der Waals surface area (Å²) in [5.41, 5.74) is 4.41. The molecule has 1 N–H and O–H groups in total. The zero-order chi connectivity index (χ0) is 20.5. The maximum atomic E-state index is 13.5. The summed E-state index contributed by atoms with van der Waals surface area (Å²) in [5, 5.41) is 11.3. The highest BCUT2D eigenvalue weighted by atomic mass is 32.1. The second-order valence-electron chi connectivity index (χ2n) is 6.59. The highest BCUT2D eigenvalue weighted by molar-refractivity contribution is 7.10. The molecule has 0 aliphatic rings. The lowest BCUT2D eigenvalue weighted by molar-refractivity contribution is 0.102. The van der Waals surface area contributed by atoms with Crippen molar-refractivity contribution in [2.75, 3.05) is 5.32 Å². The van der Waals surface area contributed by atoms with Gasteiger partial charge in [0.1, 0.15) is 5.82 Å². The van der Waals surface area contributed by atoms with Crippen molar-refractivity contribution in [2.24, 2.45) is 0 Å². The van der Waals surface area contributed by atoms with Crippen molar-refractivity contribution in [3.8, 4) is 17.2 Å². The van der Waals surface area contributed by atoms with Crippen molar-refractivity contribution in [3.63, 3.8) is 0 Å². The number of amides is 1. The largest absolute Gasteiger partial charge is 0.297 e. The van der Waals surface area contributed by atoms with Crippen LogP contribution in [-0.2, 0) is 0 Å². The molecule has 4 rings (SSSR count). The molecular weight excluding hydrogens is 391 g/mol. The zero-order valence-electron chi connectivity index (χ0n) is 16.0. The number of anilines is 1. The Kier molecular flexibility index (Phi) is 4.89. The van der Waals surface area contributed by atoms with E-state index in [1.54, 1.807) is 25.1 Å². The lowest BCUT2D eigenvalue weighted by atomic mass is 10.1. The third kappa shape index (κ3) is 3.77. The van der Waals surface area contributed by atoms with Crippen molar-refractivity contribution in [1.29, 1.82) is 0 Å². The summed E-state index contributed by atoms with van der Waals surface area (Å²) in [6, 6.07) is 11.6. The standard InChI is InChI=1S/C20H17FN6OS/c1-11-7-8-14(9-12(11)2)19(28)23-20-22-18(25-29-20)17-13(3)27(26-24-17)16-6-4-5-15(21)10-16/h4-10H,1-3H3,(H,22,23,25,28). The summed E-state index contributed by atoms with van der Waals surface area (Å²) in [5.74, 6) is -0.261. The molecule has 9 heteroatoms. The fraction of sp³-hybridized carbons (Fsp3) is 0.150. The number of carbonyl (C=O) groups is 1. The maximum absolute atomic E-state index is 13.5. The number of nitrogens with one attached hydrogen (secondary N) is 1. The first-order chi connectivity index (χ1) is 13.9. The van der Waals surface area contributed by atoms with Gasteiger partial charge in [0.25, 0.3) is 5.91 Å². The van der Waals surface area contributed by atoms with Crippen LogP contribution in [0.3, 0.4) is 0 Å². The SMILES string of the molecule is Cc1ccc(C(=O)Nc2nc(-c3nnn(-c4cccc(F)c4)c3C)ns2)cc1C. The molecule has 4 aromatic rings. The van der Waals surface area contributed by atoms with Gasteiger partial charge in [-0.3, -0.25) is 10.1 Å². The first kappa shape index (κ1) is 18.9. The summed E-state index contributed by atoms with van der Waals surface area (Å²) in [6.07, 6.45) is 0. The summed E-state index contributed by atoms with van der Waals surface area (Å²) in [4.78, 5) is 16.8. The minimum absolute atomic E-state index is 0.254. The van der Waals surface area contributed by atoms with E-state index >= 15 is 0 Å². The van der Waals surface area contributed by atoms with Crippen LogP contribution >= 0.6 is 11.5 Å². The number of nitrogens with zero attached hydrogens (tertiary/aromatic N) is 5. The Morgan fingerprint density at radius 3 is 2.69 bits per heavy atom. The first-order valence-electron chi connectivity index (χ1n) is 8.83. The zero-order valence-corrected chi connectivity index (χ0v) is 16.8. The number of aryl methyl sites for hydroxylation is 2. The van der Waals surface area contributed by atoms with Gasteiger partial charge < -0.3 is 0 Å². The molecule has 0 radical (unpaired) electrons. The van der Waals surface area contributed by atoms with Crippen LogP contribution in [-0.4, -0.2) is 30.3 Å². The number of halogens is 1. The van der Waals surface area contributed by atoms with Crippen molar-refractivity contribution in [2.45, 2.75) is 20.8 Å². The summed E-state index contributed by atoms with van der Waals surface area (Å²) >= 11 is 1.06. The Morgan fingerprint density at radius 2 is 1.93 bits per heavy atom. The molecule has 1 amide bonds. The van der Waals surface area contributed by atoms with Gasteiger partial charge in [-0.25, -0.2) is 9.07 Å². The predicted octanol–water partition coefficient (Wildman–Crippen LogP) is 4.10. The van der Waals surface area contributed by atoms with E-state index in [2.05, 4.69) is 25.0 Å². The van der Waals surface area contributed by atoms with Crippen LogP contribution in [0.5, 0.6) is 0 Å². The molecule has 0 spiro atoms. The van der Waals surface area contributed by atoms with Gasteiger partial charge in [0.2, 0.25) is 5.13 Å².